The zero-order valence-corrected chi connectivity index (χ0v) is 12.2. The summed E-state index contributed by atoms with van der Waals surface area (Å²) in [5.74, 6) is 1.89. The van der Waals surface area contributed by atoms with Gasteiger partial charge in [-0.15, -0.1) is 0 Å². The summed E-state index contributed by atoms with van der Waals surface area (Å²) >= 11 is 0. The van der Waals surface area contributed by atoms with Gasteiger partial charge in [0.15, 0.2) is 0 Å². The van der Waals surface area contributed by atoms with Crippen molar-refractivity contribution in [3.8, 4) is 0 Å². The maximum Gasteiger partial charge on any atom is 0.487 e. The number of nitrogens with zero attached hydrogens (tertiary/aromatic N) is 1. The summed E-state index contributed by atoms with van der Waals surface area (Å²) in [7, 11) is -0.357. The summed E-state index contributed by atoms with van der Waals surface area (Å²) in [6.45, 7) is 10.1. The van der Waals surface area contributed by atoms with Crippen LogP contribution in [0.4, 0.5) is 5.69 Å². The normalized spacial score (nSPS) is 21.2. The van der Waals surface area contributed by atoms with Crippen LogP contribution in [0.2, 0.25) is 0 Å². The molecule has 0 spiro atoms. The van der Waals surface area contributed by atoms with E-state index in [1.807, 2.05) is 46.7 Å². The molecule has 0 unspecified atom stereocenters. The van der Waals surface area contributed by atoms with E-state index in [0.717, 1.165) is 11.3 Å². The summed E-state index contributed by atoms with van der Waals surface area (Å²) in [6.07, 6.45) is 3.62. The number of pyridine rings is 1. The minimum atomic E-state index is -0.357. The summed E-state index contributed by atoms with van der Waals surface area (Å²) < 4.78 is 11.8. The van der Waals surface area contributed by atoms with E-state index < -0.39 is 0 Å². The summed E-state index contributed by atoms with van der Waals surface area (Å²) in [6, 6.07) is 1.79. The third-order valence-electron chi connectivity index (χ3n) is 3.91. The Morgan fingerprint density at radius 1 is 1.21 bits per heavy atom. The lowest BCUT2D eigenvalue weighted by Gasteiger charge is -2.32. The highest BCUT2D eigenvalue weighted by Gasteiger charge is 2.49. The van der Waals surface area contributed by atoms with Crippen molar-refractivity contribution in [2.75, 3.05) is 5.73 Å². The molecule has 0 saturated carbocycles. The Kier molecular flexibility index (Phi) is 3.45. The Labute approximate surface area is 115 Å². The van der Waals surface area contributed by atoms with Gasteiger partial charge in [-0.05, 0) is 40.7 Å². The van der Waals surface area contributed by atoms with Gasteiger partial charge in [-0.1, -0.05) is 12.1 Å². The van der Waals surface area contributed by atoms with Crippen molar-refractivity contribution in [1.82, 2.24) is 4.98 Å². The van der Waals surface area contributed by atoms with Gasteiger partial charge in [0.25, 0.3) is 0 Å². The number of nitrogen functional groups attached to an aromatic ring is 1. The van der Waals surface area contributed by atoms with Crippen molar-refractivity contribution in [1.29, 1.82) is 0 Å². The molecule has 0 bridgehead atoms. The predicted octanol–water partition coefficient (Wildman–Crippen LogP) is 2.62. The maximum absolute atomic E-state index is 5.94. The molecule has 1 fully saturated rings. The number of anilines is 1. The quantitative estimate of drug-likeness (QED) is 0.830. The number of hydrogen-bond acceptors (Lipinski definition) is 4. The first-order valence-electron chi connectivity index (χ1n) is 6.48. The van der Waals surface area contributed by atoms with Crippen molar-refractivity contribution in [2.24, 2.45) is 0 Å². The monoisotopic (exact) mass is 260 g/mol. The molecule has 1 aliphatic rings. The van der Waals surface area contributed by atoms with Crippen LogP contribution in [0.15, 0.2) is 18.2 Å². The van der Waals surface area contributed by atoms with Crippen LogP contribution in [0.3, 0.4) is 0 Å². The standard InChI is InChI=1S/C14H21BN2O2/c1-10-11(12(16)7-9-17-10)6-8-15-18-13(2,3)14(4,5)19-15/h6-9H,1-5H3,(H2,16,17)/b8-6+. The third kappa shape index (κ3) is 2.67. The lowest BCUT2D eigenvalue weighted by atomic mass is 9.89. The SMILES string of the molecule is Cc1nccc(N)c1/C=C/B1OC(C)(C)C(C)(C)O1. The Hall–Kier alpha value is -1.33. The molecule has 19 heavy (non-hydrogen) atoms. The molecule has 4 nitrogen and oxygen atoms in total. The molecule has 0 aliphatic carbocycles. The zero-order valence-electron chi connectivity index (χ0n) is 12.2. The molecule has 102 valence electrons. The number of hydrogen-bond donors (Lipinski definition) is 1. The molecule has 0 aromatic carbocycles. The topological polar surface area (TPSA) is 57.4 Å². The highest BCUT2D eigenvalue weighted by Crippen LogP contribution is 2.37. The Bertz CT molecular complexity index is 476. The first-order chi connectivity index (χ1) is 8.73. The lowest BCUT2D eigenvalue weighted by molar-refractivity contribution is 0.00578. The number of aryl methyl sites for hydroxylation is 1. The van der Waals surface area contributed by atoms with Gasteiger partial charge in [0.05, 0.1) is 11.2 Å². The van der Waals surface area contributed by atoms with Crippen LogP contribution in [0.25, 0.3) is 6.08 Å². The number of aromatic nitrogens is 1. The highest BCUT2D eigenvalue weighted by molar-refractivity contribution is 6.52. The molecule has 2 heterocycles. The fourth-order valence-electron chi connectivity index (χ4n) is 1.96. The molecule has 2 rings (SSSR count). The maximum atomic E-state index is 5.94. The molecule has 1 aromatic rings. The summed E-state index contributed by atoms with van der Waals surface area (Å²) in [5.41, 5.74) is 7.81. The largest absolute Gasteiger partial charge is 0.487 e. The Morgan fingerprint density at radius 2 is 1.79 bits per heavy atom. The predicted molar refractivity (Wildman–Crippen MR) is 78.5 cm³/mol. The van der Waals surface area contributed by atoms with Crippen molar-refractivity contribution in [3.63, 3.8) is 0 Å². The highest BCUT2D eigenvalue weighted by atomic mass is 16.7. The van der Waals surface area contributed by atoms with E-state index in [9.17, 15) is 0 Å². The summed E-state index contributed by atoms with van der Waals surface area (Å²) in [4.78, 5) is 4.23. The second-order valence-corrected chi connectivity index (χ2v) is 5.88. The van der Waals surface area contributed by atoms with E-state index in [-0.39, 0.29) is 18.3 Å². The Morgan fingerprint density at radius 3 is 2.32 bits per heavy atom. The van der Waals surface area contributed by atoms with E-state index in [1.165, 1.54) is 0 Å². The second kappa shape index (κ2) is 4.65. The Balaban J connectivity index is 2.18. The van der Waals surface area contributed by atoms with E-state index >= 15 is 0 Å². The minimum absolute atomic E-state index is 0.322. The van der Waals surface area contributed by atoms with Gasteiger partial charge in [-0.3, -0.25) is 4.98 Å². The molecular weight excluding hydrogens is 239 g/mol. The second-order valence-electron chi connectivity index (χ2n) is 5.88. The fourth-order valence-corrected chi connectivity index (χ4v) is 1.96. The van der Waals surface area contributed by atoms with Crippen LogP contribution in [-0.2, 0) is 9.31 Å². The molecular formula is C14H21BN2O2. The van der Waals surface area contributed by atoms with Gasteiger partial charge in [0.2, 0.25) is 0 Å². The van der Waals surface area contributed by atoms with Crippen molar-refractivity contribution in [2.45, 2.75) is 45.8 Å². The van der Waals surface area contributed by atoms with Crippen LogP contribution in [0.5, 0.6) is 0 Å². The van der Waals surface area contributed by atoms with Gasteiger partial charge in [0, 0.05) is 23.1 Å². The molecule has 1 aliphatic heterocycles. The summed E-state index contributed by atoms with van der Waals surface area (Å²) in [5, 5.41) is 0. The van der Waals surface area contributed by atoms with Crippen LogP contribution in [0.1, 0.15) is 39.0 Å². The van der Waals surface area contributed by atoms with Crippen LogP contribution in [0, 0.1) is 6.92 Å². The van der Waals surface area contributed by atoms with E-state index in [4.69, 9.17) is 15.0 Å². The number of rotatable bonds is 2. The van der Waals surface area contributed by atoms with Gasteiger partial charge in [0.1, 0.15) is 0 Å². The zero-order chi connectivity index (χ0) is 14.3. The van der Waals surface area contributed by atoms with Crippen molar-refractivity contribution >= 4 is 18.9 Å². The van der Waals surface area contributed by atoms with E-state index in [0.29, 0.717) is 5.69 Å². The molecule has 1 saturated heterocycles. The third-order valence-corrected chi connectivity index (χ3v) is 3.91. The first kappa shape index (κ1) is 14.1. The average Bonchev–Trinajstić information content (AvgIpc) is 2.46. The van der Waals surface area contributed by atoms with Crippen molar-refractivity contribution < 1.29 is 9.31 Å². The molecule has 0 radical (unpaired) electrons. The van der Waals surface area contributed by atoms with Crippen LogP contribution in [-0.4, -0.2) is 23.3 Å². The van der Waals surface area contributed by atoms with E-state index in [2.05, 4.69) is 4.98 Å². The average molecular weight is 260 g/mol. The van der Waals surface area contributed by atoms with Gasteiger partial charge in [-0.25, -0.2) is 0 Å². The molecule has 0 atom stereocenters. The van der Waals surface area contributed by atoms with Gasteiger partial charge in [-0.2, -0.15) is 0 Å². The van der Waals surface area contributed by atoms with Gasteiger partial charge < -0.3 is 15.0 Å². The first-order valence-corrected chi connectivity index (χ1v) is 6.48. The fraction of sp³-hybridized carbons (Fsp3) is 0.500. The molecule has 1 aromatic heterocycles. The smallest absolute Gasteiger partial charge is 0.400 e. The number of nitrogens with two attached hydrogens (primary N) is 1. The molecule has 0 amide bonds. The van der Waals surface area contributed by atoms with Gasteiger partial charge >= 0.3 is 7.12 Å². The van der Waals surface area contributed by atoms with Crippen molar-refractivity contribution in [3.05, 3.63) is 29.5 Å². The molecule has 2 N–H and O–H groups in total. The van der Waals surface area contributed by atoms with E-state index in [1.54, 1.807) is 12.3 Å². The van der Waals surface area contributed by atoms with Crippen LogP contribution < -0.4 is 5.73 Å². The molecule has 5 heteroatoms. The minimum Gasteiger partial charge on any atom is -0.400 e. The lowest BCUT2D eigenvalue weighted by Crippen LogP contribution is -2.41. The van der Waals surface area contributed by atoms with Crippen LogP contribution >= 0.6 is 0 Å².